The summed E-state index contributed by atoms with van der Waals surface area (Å²) in [4.78, 5) is 13.3. The molecule has 0 aromatic heterocycles. The number of hydrogen-bond acceptors (Lipinski definition) is 2. The minimum Gasteiger partial charge on any atom is -0.311 e. The molecule has 0 aliphatic carbocycles. The highest BCUT2D eigenvalue weighted by atomic mass is 35.5. The Bertz CT molecular complexity index is 465. The summed E-state index contributed by atoms with van der Waals surface area (Å²) in [6.45, 7) is 0.713. The van der Waals surface area contributed by atoms with Crippen molar-refractivity contribution in [1.82, 2.24) is 0 Å². The molecule has 0 saturated heterocycles. The third-order valence-electron chi connectivity index (χ3n) is 2.74. The molecule has 1 aromatic rings. The molecule has 0 N–H and O–H groups in total. The normalized spacial score (nSPS) is 14.1. The number of fused-ring (bicyclic) bond motifs is 1. The number of alkyl halides is 1. The van der Waals surface area contributed by atoms with Crippen molar-refractivity contribution in [2.75, 3.05) is 17.3 Å². The van der Waals surface area contributed by atoms with Crippen molar-refractivity contribution in [3.63, 3.8) is 0 Å². The van der Waals surface area contributed by atoms with E-state index in [0.717, 1.165) is 24.1 Å². The zero-order valence-corrected chi connectivity index (χ0v) is 9.50. The highest BCUT2D eigenvalue weighted by molar-refractivity contribution is 6.29. The van der Waals surface area contributed by atoms with E-state index >= 15 is 0 Å². The van der Waals surface area contributed by atoms with E-state index in [4.69, 9.17) is 16.9 Å². The van der Waals surface area contributed by atoms with E-state index in [1.807, 2.05) is 12.1 Å². The van der Waals surface area contributed by atoms with Crippen LogP contribution in [0.15, 0.2) is 18.2 Å². The molecule has 82 valence electrons. The minimum absolute atomic E-state index is 0.000554. The number of carbonyl (C=O) groups is 1. The molecule has 0 fully saturated rings. The van der Waals surface area contributed by atoms with Crippen LogP contribution in [0.1, 0.15) is 17.5 Å². The molecule has 1 amide bonds. The van der Waals surface area contributed by atoms with Crippen molar-refractivity contribution in [3.8, 4) is 6.07 Å². The Balaban J connectivity index is 2.40. The Morgan fingerprint density at radius 2 is 2.38 bits per heavy atom. The molecule has 1 heterocycles. The molecule has 0 bridgehead atoms. The van der Waals surface area contributed by atoms with Gasteiger partial charge in [-0.25, -0.2) is 0 Å². The van der Waals surface area contributed by atoms with Crippen LogP contribution in [-0.4, -0.2) is 18.3 Å². The second kappa shape index (κ2) is 4.54. The number of carbonyl (C=O) groups excluding carboxylic acids is 1. The lowest BCUT2D eigenvalue weighted by atomic mass is 9.99. The van der Waals surface area contributed by atoms with Gasteiger partial charge in [-0.1, -0.05) is 0 Å². The van der Waals surface area contributed by atoms with E-state index in [9.17, 15) is 4.79 Å². The highest BCUT2D eigenvalue weighted by Crippen LogP contribution is 2.28. The lowest BCUT2D eigenvalue weighted by molar-refractivity contribution is -0.116. The molecule has 0 spiro atoms. The van der Waals surface area contributed by atoms with Gasteiger partial charge in [0.1, 0.15) is 5.88 Å². The van der Waals surface area contributed by atoms with Crippen LogP contribution in [0.5, 0.6) is 0 Å². The quantitative estimate of drug-likeness (QED) is 0.699. The number of nitriles is 1. The molecule has 16 heavy (non-hydrogen) atoms. The average molecular weight is 235 g/mol. The number of amides is 1. The number of nitrogens with zero attached hydrogens (tertiary/aromatic N) is 2. The van der Waals surface area contributed by atoms with E-state index in [1.54, 1.807) is 11.0 Å². The van der Waals surface area contributed by atoms with Crippen LogP contribution < -0.4 is 4.90 Å². The van der Waals surface area contributed by atoms with E-state index in [1.165, 1.54) is 0 Å². The zero-order chi connectivity index (χ0) is 11.5. The number of rotatable bonds is 1. The number of halogens is 1. The smallest absolute Gasteiger partial charge is 0.241 e. The molecular formula is C12H11ClN2O. The third kappa shape index (κ3) is 1.89. The monoisotopic (exact) mass is 234 g/mol. The van der Waals surface area contributed by atoms with E-state index in [-0.39, 0.29) is 11.8 Å². The maximum absolute atomic E-state index is 11.6. The first-order valence-corrected chi connectivity index (χ1v) is 5.69. The van der Waals surface area contributed by atoms with E-state index < -0.39 is 0 Å². The summed E-state index contributed by atoms with van der Waals surface area (Å²) < 4.78 is 0. The van der Waals surface area contributed by atoms with Gasteiger partial charge in [-0.2, -0.15) is 5.26 Å². The Labute approximate surface area is 99.2 Å². The second-order valence-electron chi connectivity index (χ2n) is 3.74. The molecule has 1 aliphatic heterocycles. The van der Waals surface area contributed by atoms with Gasteiger partial charge in [-0.05, 0) is 36.6 Å². The topological polar surface area (TPSA) is 44.1 Å². The Kier molecular flexibility index (Phi) is 3.12. The summed E-state index contributed by atoms with van der Waals surface area (Å²) in [5.41, 5.74) is 2.60. The van der Waals surface area contributed by atoms with Crippen LogP contribution in [0.3, 0.4) is 0 Å². The molecule has 0 unspecified atom stereocenters. The predicted octanol–water partition coefficient (Wildman–Crippen LogP) is 2.08. The van der Waals surface area contributed by atoms with Crippen LogP contribution in [0.2, 0.25) is 0 Å². The molecule has 4 heteroatoms. The number of anilines is 1. The first-order valence-electron chi connectivity index (χ1n) is 5.15. The van der Waals surface area contributed by atoms with E-state index in [2.05, 4.69) is 6.07 Å². The SMILES string of the molecule is N#Cc1ccc2c(c1)CCCN2C(=O)CCl. The minimum atomic E-state index is -0.0766. The fraction of sp³-hybridized carbons (Fsp3) is 0.333. The molecule has 0 radical (unpaired) electrons. The second-order valence-corrected chi connectivity index (χ2v) is 4.01. The van der Waals surface area contributed by atoms with Gasteiger partial charge < -0.3 is 4.90 Å². The van der Waals surface area contributed by atoms with Gasteiger partial charge in [0.05, 0.1) is 11.6 Å². The lowest BCUT2D eigenvalue weighted by Gasteiger charge is -2.29. The fourth-order valence-electron chi connectivity index (χ4n) is 2.00. The van der Waals surface area contributed by atoms with Crippen molar-refractivity contribution < 1.29 is 4.79 Å². The summed E-state index contributed by atoms with van der Waals surface area (Å²) >= 11 is 5.57. The highest BCUT2D eigenvalue weighted by Gasteiger charge is 2.21. The van der Waals surface area contributed by atoms with Crippen LogP contribution >= 0.6 is 11.6 Å². The third-order valence-corrected chi connectivity index (χ3v) is 2.97. The van der Waals surface area contributed by atoms with Crippen molar-refractivity contribution in [3.05, 3.63) is 29.3 Å². The van der Waals surface area contributed by atoms with Crippen LogP contribution in [0, 0.1) is 11.3 Å². The summed E-state index contributed by atoms with van der Waals surface area (Å²) in [5.74, 6) is -0.0771. The Morgan fingerprint density at radius 1 is 1.56 bits per heavy atom. The largest absolute Gasteiger partial charge is 0.311 e. The maximum atomic E-state index is 11.6. The molecule has 0 atom stereocenters. The standard InChI is InChI=1S/C12H11ClN2O/c13-7-12(16)15-5-1-2-10-6-9(8-14)3-4-11(10)15/h3-4,6H,1-2,5,7H2. The molecule has 2 rings (SSSR count). The molecular weight excluding hydrogens is 224 g/mol. The summed E-state index contributed by atoms with van der Waals surface area (Å²) in [6, 6.07) is 7.52. The van der Waals surface area contributed by atoms with Gasteiger partial charge in [-0.15, -0.1) is 11.6 Å². The number of aryl methyl sites for hydroxylation is 1. The number of benzene rings is 1. The fourth-order valence-corrected chi connectivity index (χ4v) is 2.14. The molecule has 1 aliphatic rings. The summed E-state index contributed by atoms with van der Waals surface area (Å²) in [6.07, 6.45) is 1.83. The zero-order valence-electron chi connectivity index (χ0n) is 8.74. The predicted molar refractivity (Wildman–Crippen MR) is 62.6 cm³/mol. The average Bonchev–Trinajstić information content (AvgIpc) is 2.36. The molecule has 1 aromatic carbocycles. The summed E-state index contributed by atoms with van der Waals surface area (Å²) in [7, 11) is 0. The molecule has 3 nitrogen and oxygen atoms in total. The van der Waals surface area contributed by atoms with Crippen molar-refractivity contribution in [1.29, 1.82) is 5.26 Å². The van der Waals surface area contributed by atoms with Crippen LogP contribution in [0.25, 0.3) is 0 Å². The van der Waals surface area contributed by atoms with Gasteiger partial charge in [0.25, 0.3) is 0 Å². The van der Waals surface area contributed by atoms with Crippen molar-refractivity contribution in [2.24, 2.45) is 0 Å². The maximum Gasteiger partial charge on any atom is 0.241 e. The number of hydrogen-bond donors (Lipinski definition) is 0. The van der Waals surface area contributed by atoms with Gasteiger partial charge in [-0.3, -0.25) is 4.79 Å². The first kappa shape index (κ1) is 11.0. The first-order chi connectivity index (χ1) is 7.76. The Hall–Kier alpha value is -1.53. The molecule has 0 saturated carbocycles. The van der Waals surface area contributed by atoms with E-state index in [0.29, 0.717) is 12.1 Å². The van der Waals surface area contributed by atoms with Crippen LogP contribution in [0.4, 0.5) is 5.69 Å². The lowest BCUT2D eigenvalue weighted by Crippen LogP contribution is -2.36. The van der Waals surface area contributed by atoms with Gasteiger partial charge >= 0.3 is 0 Å². The van der Waals surface area contributed by atoms with Gasteiger partial charge in [0.2, 0.25) is 5.91 Å². The van der Waals surface area contributed by atoms with Crippen molar-refractivity contribution in [2.45, 2.75) is 12.8 Å². The van der Waals surface area contributed by atoms with Crippen LogP contribution in [-0.2, 0) is 11.2 Å². The van der Waals surface area contributed by atoms with Crippen molar-refractivity contribution >= 4 is 23.2 Å². The van der Waals surface area contributed by atoms with Gasteiger partial charge in [0, 0.05) is 12.2 Å². The Morgan fingerprint density at radius 3 is 3.06 bits per heavy atom. The summed E-state index contributed by atoms with van der Waals surface area (Å²) in [5, 5.41) is 8.81. The van der Waals surface area contributed by atoms with Gasteiger partial charge in [0.15, 0.2) is 0 Å².